The van der Waals surface area contributed by atoms with Crippen LogP contribution in [0.1, 0.15) is 21.8 Å². The number of hydrogen-bond acceptors (Lipinski definition) is 4. The van der Waals surface area contributed by atoms with Crippen LogP contribution in [0.15, 0.2) is 23.6 Å². The number of hydrogen-bond donors (Lipinski definition) is 0. The molecule has 0 aliphatic heterocycles. The van der Waals surface area contributed by atoms with Crippen LogP contribution in [0.2, 0.25) is 0 Å². The van der Waals surface area contributed by atoms with E-state index in [1.165, 1.54) is 22.5 Å². The molecule has 0 unspecified atom stereocenters. The van der Waals surface area contributed by atoms with Gasteiger partial charge in [-0.3, -0.25) is 0 Å². The maximum absolute atomic E-state index is 8.68. The highest BCUT2D eigenvalue weighted by molar-refractivity contribution is 7.09. The largest absolute Gasteiger partial charge is 0.493 e. The lowest BCUT2D eigenvalue weighted by molar-refractivity contribution is 0.321. The molecule has 0 atom stereocenters. The summed E-state index contributed by atoms with van der Waals surface area (Å²) in [7, 11) is 0. The molecule has 0 saturated heterocycles. The third-order valence-corrected chi connectivity index (χ3v) is 3.35. The van der Waals surface area contributed by atoms with E-state index in [4.69, 9.17) is 10.00 Å². The normalized spacial score (nSPS) is 10.1. The predicted molar refractivity (Wildman–Crippen MR) is 71.9 cm³/mol. The van der Waals surface area contributed by atoms with Crippen molar-refractivity contribution in [1.29, 1.82) is 5.26 Å². The minimum absolute atomic E-state index is 0.487. The summed E-state index contributed by atoms with van der Waals surface area (Å²) in [6, 6.07) is 8.19. The van der Waals surface area contributed by atoms with Gasteiger partial charge in [-0.25, -0.2) is 4.98 Å². The van der Waals surface area contributed by atoms with Gasteiger partial charge in [-0.15, -0.1) is 11.3 Å². The molecule has 92 valence electrons. The molecule has 3 nitrogen and oxygen atoms in total. The Balaban J connectivity index is 1.90. The molecule has 0 bridgehead atoms. The SMILES string of the molecule is Cc1cc(C)cc(OCCc2nc(C#N)cs2)c1. The van der Waals surface area contributed by atoms with Crippen molar-refractivity contribution < 1.29 is 4.74 Å². The smallest absolute Gasteiger partial charge is 0.151 e. The molecule has 2 aromatic rings. The molecule has 1 aromatic carbocycles. The molecular weight excluding hydrogens is 244 g/mol. The number of benzene rings is 1. The monoisotopic (exact) mass is 258 g/mol. The number of nitriles is 1. The molecule has 18 heavy (non-hydrogen) atoms. The fourth-order valence-corrected chi connectivity index (χ4v) is 2.45. The van der Waals surface area contributed by atoms with Gasteiger partial charge in [0.1, 0.15) is 11.8 Å². The number of aromatic nitrogens is 1. The third kappa shape index (κ3) is 3.31. The number of rotatable bonds is 4. The Bertz CT molecular complexity index is 563. The molecule has 0 amide bonds. The molecule has 0 fully saturated rings. The molecule has 2 rings (SSSR count). The Kier molecular flexibility index (Phi) is 3.96. The molecule has 0 aliphatic rings. The standard InChI is InChI=1S/C14H14N2OS/c1-10-5-11(2)7-13(6-10)17-4-3-14-16-12(8-15)9-18-14/h5-7,9H,3-4H2,1-2H3. The van der Waals surface area contributed by atoms with Crippen molar-refractivity contribution in [3.05, 3.63) is 45.4 Å². The molecule has 4 heteroatoms. The van der Waals surface area contributed by atoms with Crippen molar-refractivity contribution in [3.63, 3.8) is 0 Å². The van der Waals surface area contributed by atoms with E-state index < -0.39 is 0 Å². The highest BCUT2D eigenvalue weighted by Gasteiger charge is 2.02. The lowest BCUT2D eigenvalue weighted by atomic mass is 10.1. The van der Waals surface area contributed by atoms with Gasteiger partial charge in [0, 0.05) is 11.8 Å². The maximum Gasteiger partial charge on any atom is 0.151 e. The van der Waals surface area contributed by atoms with E-state index in [9.17, 15) is 0 Å². The van der Waals surface area contributed by atoms with Crippen LogP contribution in [0.25, 0.3) is 0 Å². The van der Waals surface area contributed by atoms with Gasteiger partial charge in [0.05, 0.1) is 11.6 Å². The summed E-state index contributed by atoms with van der Waals surface area (Å²) >= 11 is 1.50. The van der Waals surface area contributed by atoms with E-state index >= 15 is 0 Å². The maximum atomic E-state index is 8.68. The molecular formula is C14H14N2OS. The number of nitrogens with zero attached hydrogens (tertiary/aromatic N) is 2. The molecule has 1 heterocycles. The Hall–Kier alpha value is -1.86. The van der Waals surface area contributed by atoms with E-state index in [-0.39, 0.29) is 0 Å². The van der Waals surface area contributed by atoms with E-state index in [1.54, 1.807) is 5.38 Å². The van der Waals surface area contributed by atoms with E-state index in [0.717, 1.165) is 17.2 Å². The molecule has 1 aromatic heterocycles. The van der Waals surface area contributed by atoms with Gasteiger partial charge in [0.15, 0.2) is 5.69 Å². The van der Waals surface area contributed by atoms with Crippen molar-refractivity contribution in [2.24, 2.45) is 0 Å². The minimum atomic E-state index is 0.487. The van der Waals surface area contributed by atoms with Crippen LogP contribution in [-0.2, 0) is 6.42 Å². The van der Waals surface area contributed by atoms with Crippen molar-refractivity contribution in [2.45, 2.75) is 20.3 Å². The van der Waals surface area contributed by atoms with Crippen LogP contribution in [0.4, 0.5) is 0 Å². The summed E-state index contributed by atoms with van der Waals surface area (Å²) < 4.78 is 5.70. The molecule has 0 radical (unpaired) electrons. The average Bonchev–Trinajstić information content (AvgIpc) is 2.76. The Morgan fingerprint density at radius 2 is 2.00 bits per heavy atom. The lowest BCUT2D eigenvalue weighted by Gasteiger charge is -2.07. The molecule has 0 saturated carbocycles. The van der Waals surface area contributed by atoms with E-state index in [1.807, 2.05) is 18.2 Å². The first-order chi connectivity index (χ1) is 8.67. The highest BCUT2D eigenvalue weighted by Crippen LogP contribution is 2.17. The number of ether oxygens (including phenoxy) is 1. The number of thiazole rings is 1. The second-order valence-electron chi connectivity index (χ2n) is 4.16. The quantitative estimate of drug-likeness (QED) is 0.845. The van der Waals surface area contributed by atoms with Gasteiger partial charge < -0.3 is 4.74 Å². The molecule has 0 aliphatic carbocycles. The zero-order valence-electron chi connectivity index (χ0n) is 10.4. The Morgan fingerprint density at radius 3 is 2.61 bits per heavy atom. The van der Waals surface area contributed by atoms with Crippen LogP contribution in [0, 0.1) is 25.2 Å². The van der Waals surface area contributed by atoms with Gasteiger partial charge in [0.2, 0.25) is 0 Å². The first kappa shape index (κ1) is 12.6. The van der Waals surface area contributed by atoms with E-state index in [2.05, 4.69) is 24.9 Å². The van der Waals surface area contributed by atoms with Crippen molar-refractivity contribution >= 4 is 11.3 Å². The second-order valence-corrected chi connectivity index (χ2v) is 5.10. The summed E-state index contributed by atoms with van der Waals surface area (Å²) in [4.78, 5) is 4.17. The fraction of sp³-hybridized carbons (Fsp3) is 0.286. The van der Waals surface area contributed by atoms with Gasteiger partial charge >= 0.3 is 0 Å². The van der Waals surface area contributed by atoms with Crippen LogP contribution in [0.5, 0.6) is 5.75 Å². The van der Waals surface area contributed by atoms with Gasteiger partial charge in [0.25, 0.3) is 0 Å². The Morgan fingerprint density at radius 1 is 1.28 bits per heavy atom. The van der Waals surface area contributed by atoms with Crippen LogP contribution in [-0.4, -0.2) is 11.6 Å². The van der Waals surface area contributed by atoms with Gasteiger partial charge in [-0.1, -0.05) is 6.07 Å². The summed E-state index contributed by atoms with van der Waals surface area (Å²) in [5.41, 5.74) is 2.89. The van der Waals surface area contributed by atoms with Gasteiger partial charge in [-0.05, 0) is 37.1 Å². The lowest BCUT2D eigenvalue weighted by Crippen LogP contribution is -2.01. The average molecular weight is 258 g/mol. The third-order valence-electron chi connectivity index (χ3n) is 2.45. The Labute approximate surface area is 111 Å². The van der Waals surface area contributed by atoms with Gasteiger partial charge in [-0.2, -0.15) is 5.26 Å². The fourth-order valence-electron chi connectivity index (χ4n) is 1.75. The van der Waals surface area contributed by atoms with Crippen LogP contribution >= 0.6 is 11.3 Å². The zero-order valence-corrected chi connectivity index (χ0v) is 11.3. The minimum Gasteiger partial charge on any atom is -0.493 e. The van der Waals surface area contributed by atoms with Crippen molar-refractivity contribution in [1.82, 2.24) is 4.98 Å². The summed E-state index contributed by atoms with van der Waals surface area (Å²) in [6.45, 7) is 4.70. The van der Waals surface area contributed by atoms with Crippen molar-refractivity contribution in [2.75, 3.05) is 6.61 Å². The molecule has 0 N–H and O–H groups in total. The topological polar surface area (TPSA) is 45.9 Å². The second kappa shape index (κ2) is 5.65. The van der Waals surface area contributed by atoms with Crippen LogP contribution < -0.4 is 4.74 Å². The predicted octanol–water partition coefficient (Wildman–Crippen LogP) is 3.25. The summed E-state index contributed by atoms with van der Waals surface area (Å²) in [5, 5.41) is 11.4. The first-order valence-corrected chi connectivity index (χ1v) is 6.61. The zero-order chi connectivity index (χ0) is 13.0. The summed E-state index contributed by atoms with van der Waals surface area (Å²) in [6.07, 6.45) is 0.735. The van der Waals surface area contributed by atoms with Crippen LogP contribution in [0.3, 0.4) is 0 Å². The highest BCUT2D eigenvalue weighted by atomic mass is 32.1. The first-order valence-electron chi connectivity index (χ1n) is 5.73. The van der Waals surface area contributed by atoms with E-state index in [0.29, 0.717) is 12.3 Å². The van der Waals surface area contributed by atoms with Crippen molar-refractivity contribution in [3.8, 4) is 11.8 Å². The number of aryl methyl sites for hydroxylation is 2. The molecule has 0 spiro atoms. The summed E-state index contributed by atoms with van der Waals surface area (Å²) in [5.74, 6) is 0.893.